The minimum absolute atomic E-state index is 0.0654. The van der Waals surface area contributed by atoms with Gasteiger partial charge in [-0.25, -0.2) is 8.78 Å². The Bertz CT molecular complexity index is 705. The van der Waals surface area contributed by atoms with Gasteiger partial charge in [-0.2, -0.15) is 0 Å². The molecule has 2 aromatic carbocycles. The number of halogens is 2. The first-order chi connectivity index (χ1) is 12.0. The Morgan fingerprint density at radius 2 is 1.84 bits per heavy atom. The summed E-state index contributed by atoms with van der Waals surface area (Å²) in [6.45, 7) is 4.78. The van der Waals surface area contributed by atoms with Crippen molar-refractivity contribution in [3.05, 3.63) is 65.2 Å². The SMILES string of the molecule is CCOc1ccc(C2CC(N)CN(Cc3ccc(F)c(F)c3)C2)cc1. The first-order valence-electron chi connectivity index (χ1n) is 8.69. The molecule has 0 saturated carbocycles. The lowest BCUT2D eigenvalue weighted by Crippen LogP contribution is -2.45. The Hall–Kier alpha value is -1.98. The summed E-state index contributed by atoms with van der Waals surface area (Å²) in [6.07, 6.45) is 0.919. The maximum absolute atomic E-state index is 13.4. The van der Waals surface area contributed by atoms with Gasteiger partial charge in [-0.1, -0.05) is 18.2 Å². The van der Waals surface area contributed by atoms with Gasteiger partial charge in [0.15, 0.2) is 11.6 Å². The minimum atomic E-state index is -0.814. The molecule has 1 saturated heterocycles. The predicted octanol–water partition coefficient (Wildman–Crippen LogP) is 3.68. The van der Waals surface area contributed by atoms with E-state index in [0.29, 0.717) is 19.1 Å². The summed E-state index contributed by atoms with van der Waals surface area (Å²) in [5, 5.41) is 0. The van der Waals surface area contributed by atoms with Crippen LogP contribution in [0, 0.1) is 11.6 Å². The van der Waals surface area contributed by atoms with Crippen LogP contribution < -0.4 is 10.5 Å². The number of hydrogen-bond donors (Lipinski definition) is 1. The van der Waals surface area contributed by atoms with E-state index in [1.165, 1.54) is 17.7 Å². The maximum atomic E-state index is 13.4. The van der Waals surface area contributed by atoms with Gasteiger partial charge in [-0.05, 0) is 54.7 Å². The normalized spacial score (nSPS) is 21.3. The number of rotatable bonds is 5. The number of benzene rings is 2. The van der Waals surface area contributed by atoms with Crippen LogP contribution in [0.25, 0.3) is 0 Å². The first kappa shape index (κ1) is 17.8. The van der Waals surface area contributed by atoms with Gasteiger partial charge in [0.05, 0.1) is 6.61 Å². The number of likely N-dealkylation sites (tertiary alicyclic amines) is 1. The molecule has 0 spiro atoms. The summed E-state index contributed by atoms with van der Waals surface area (Å²) in [7, 11) is 0. The second-order valence-electron chi connectivity index (χ2n) is 6.64. The highest BCUT2D eigenvalue weighted by atomic mass is 19.2. The lowest BCUT2D eigenvalue weighted by molar-refractivity contribution is 0.181. The molecule has 1 fully saturated rings. The molecule has 2 unspecified atom stereocenters. The zero-order chi connectivity index (χ0) is 17.8. The largest absolute Gasteiger partial charge is 0.494 e. The lowest BCUT2D eigenvalue weighted by Gasteiger charge is -2.36. The number of piperidine rings is 1. The third-order valence-corrected chi connectivity index (χ3v) is 4.61. The van der Waals surface area contributed by atoms with E-state index >= 15 is 0 Å². The second-order valence-corrected chi connectivity index (χ2v) is 6.64. The molecular weight excluding hydrogens is 322 g/mol. The molecular formula is C20H24F2N2O. The molecule has 2 aromatic rings. The Kier molecular flexibility index (Phi) is 5.66. The van der Waals surface area contributed by atoms with Crippen molar-refractivity contribution in [1.82, 2.24) is 4.90 Å². The van der Waals surface area contributed by atoms with E-state index in [1.54, 1.807) is 6.07 Å². The third-order valence-electron chi connectivity index (χ3n) is 4.61. The molecule has 0 radical (unpaired) electrons. The number of hydrogen-bond acceptors (Lipinski definition) is 3. The van der Waals surface area contributed by atoms with Gasteiger partial charge in [0.2, 0.25) is 0 Å². The van der Waals surface area contributed by atoms with Crippen molar-refractivity contribution in [2.45, 2.75) is 31.8 Å². The van der Waals surface area contributed by atoms with Gasteiger partial charge in [0.25, 0.3) is 0 Å². The smallest absolute Gasteiger partial charge is 0.159 e. The van der Waals surface area contributed by atoms with E-state index in [4.69, 9.17) is 10.5 Å². The standard InChI is InChI=1S/C20H24F2N2O/c1-2-25-18-6-4-15(5-7-18)16-10-17(23)13-24(12-16)11-14-3-8-19(21)20(22)9-14/h3-9,16-17H,2,10-13,23H2,1H3. The summed E-state index contributed by atoms with van der Waals surface area (Å²) in [4.78, 5) is 2.21. The van der Waals surface area contributed by atoms with Crippen LogP contribution in [0.4, 0.5) is 8.78 Å². The lowest BCUT2D eigenvalue weighted by atomic mass is 9.88. The highest BCUT2D eigenvalue weighted by Crippen LogP contribution is 2.29. The Balaban J connectivity index is 1.69. The van der Waals surface area contributed by atoms with E-state index in [9.17, 15) is 8.78 Å². The number of nitrogens with zero attached hydrogens (tertiary/aromatic N) is 1. The van der Waals surface area contributed by atoms with E-state index in [0.717, 1.165) is 30.8 Å². The van der Waals surface area contributed by atoms with Crippen LogP contribution in [0.2, 0.25) is 0 Å². The Labute approximate surface area is 147 Å². The molecule has 25 heavy (non-hydrogen) atoms. The van der Waals surface area contributed by atoms with Crippen molar-refractivity contribution in [2.75, 3.05) is 19.7 Å². The molecule has 2 atom stereocenters. The monoisotopic (exact) mass is 346 g/mol. The number of nitrogens with two attached hydrogens (primary N) is 1. The van der Waals surface area contributed by atoms with Crippen molar-refractivity contribution >= 4 is 0 Å². The molecule has 0 aliphatic carbocycles. The second kappa shape index (κ2) is 7.93. The highest BCUT2D eigenvalue weighted by Gasteiger charge is 2.26. The average Bonchev–Trinajstić information content (AvgIpc) is 2.59. The van der Waals surface area contributed by atoms with E-state index in [2.05, 4.69) is 17.0 Å². The van der Waals surface area contributed by atoms with Crippen LogP contribution in [0.1, 0.15) is 30.4 Å². The Morgan fingerprint density at radius 3 is 2.52 bits per heavy atom. The molecule has 0 aromatic heterocycles. The zero-order valence-corrected chi connectivity index (χ0v) is 14.4. The van der Waals surface area contributed by atoms with Gasteiger partial charge in [-0.3, -0.25) is 4.90 Å². The van der Waals surface area contributed by atoms with Gasteiger partial charge >= 0.3 is 0 Å². The van der Waals surface area contributed by atoms with E-state index in [1.807, 2.05) is 19.1 Å². The molecule has 2 N–H and O–H groups in total. The van der Waals surface area contributed by atoms with Gasteiger partial charge in [0, 0.05) is 25.7 Å². The van der Waals surface area contributed by atoms with Crippen LogP contribution in [-0.4, -0.2) is 30.6 Å². The van der Waals surface area contributed by atoms with Crippen LogP contribution in [0.15, 0.2) is 42.5 Å². The molecule has 1 heterocycles. The van der Waals surface area contributed by atoms with E-state index in [-0.39, 0.29) is 6.04 Å². The number of ether oxygens (including phenoxy) is 1. The fourth-order valence-electron chi connectivity index (χ4n) is 3.50. The summed E-state index contributed by atoms with van der Waals surface area (Å²) >= 11 is 0. The van der Waals surface area contributed by atoms with Gasteiger partial charge in [-0.15, -0.1) is 0 Å². The fraction of sp³-hybridized carbons (Fsp3) is 0.400. The molecule has 3 rings (SSSR count). The maximum Gasteiger partial charge on any atom is 0.159 e. The van der Waals surface area contributed by atoms with Crippen LogP contribution in [-0.2, 0) is 6.54 Å². The summed E-state index contributed by atoms with van der Waals surface area (Å²) in [6, 6.07) is 12.3. The molecule has 134 valence electrons. The fourth-order valence-corrected chi connectivity index (χ4v) is 3.50. The third kappa shape index (κ3) is 4.55. The van der Waals surface area contributed by atoms with E-state index < -0.39 is 11.6 Å². The summed E-state index contributed by atoms with van der Waals surface area (Å²) < 4.78 is 32.0. The van der Waals surface area contributed by atoms with Crippen molar-refractivity contribution in [2.24, 2.45) is 5.73 Å². The van der Waals surface area contributed by atoms with Gasteiger partial charge in [0.1, 0.15) is 5.75 Å². The first-order valence-corrected chi connectivity index (χ1v) is 8.69. The molecule has 0 amide bonds. The highest BCUT2D eigenvalue weighted by molar-refractivity contribution is 5.30. The predicted molar refractivity (Wildman–Crippen MR) is 94.6 cm³/mol. The molecule has 5 heteroatoms. The zero-order valence-electron chi connectivity index (χ0n) is 14.4. The van der Waals surface area contributed by atoms with Crippen molar-refractivity contribution in [1.29, 1.82) is 0 Å². The average molecular weight is 346 g/mol. The topological polar surface area (TPSA) is 38.5 Å². The minimum Gasteiger partial charge on any atom is -0.494 e. The summed E-state index contributed by atoms with van der Waals surface area (Å²) in [5.41, 5.74) is 8.23. The molecule has 1 aliphatic heterocycles. The van der Waals surface area contributed by atoms with Crippen molar-refractivity contribution in [3.63, 3.8) is 0 Å². The quantitative estimate of drug-likeness (QED) is 0.897. The van der Waals surface area contributed by atoms with Crippen LogP contribution >= 0.6 is 0 Å². The molecule has 1 aliphatic rings. The van der Waals surface area contributed by atoms with Crippen molar-refractivity contribution in [3.8, 4) is 5.75 Å². The van der Waals surface area contributed by atoms with Gasteiger partial charge < -0.3 is 10.5 Å². The van der Waals surface area contributed by atoms with Crippen LogP contribution in [0.3, 0.4) is 0 Å². The summed E-state index contributed by atoms with van der Waals surface area (Å²) in [5.74, 6) is -0.428. The van der Waals surface area contributed by atoms with Crippen molar-refractivity contribution < 1.29 is 13.5 Å². The Morgan fingerprint density at radius 1 is 1.08 bits per heavy atom. The molecule has 3 nitrogen and oxygen atoms in total. The molecule has 0 bridgehead atoms. The van der Waals surface area contributed by atoms with Crippen LogP contribution in [0.5, 0.6) is 5.75 Å².